The van der Waals surface area contributed by atoms with Crippen molar-refractivity contribution in [1.29, 1.82) is 0 Å². The highest BCUT2D eigenvalue weighted by Gasteiger charge is 2.30. The Kier molecular flexibility index (Phi) is 12.0. The van der Waals surface area contributed by atoms with E-state index in [1.54, 1.807) is 43.0 Å². The predicted octanol–water partition coefficient (Wildman–Crippen LogP) is 1.94. The van der Waals surface area contributed by atoms with E-state index >= 15 is 0 Å². The van der Waals surface area contributed by atoms with Gasteiger partial charge in [0.1, 0.15) is 5.75 Å². The highest BCUT2D eigenvalue weighted by Crippen LogP contribution is 2.17. The molecule has 3 rings (SSSR count). The molecule has 0 aromatic heterocycles. The second-order valence-electron chi connectivity index (χ2n) is 8.04. The van der Waals surface area contributed by atoms with Gasteiger partial charge in [-0.25, -0.2) is 4.79 Å². The maximum absolute atomic E-state index is 12.6. The van der Waals surface area contributed by atoms with Gasteiger partial charge in [-0.1, -0.05) is 0 Å². The van der Waals surface area contributed by atoms with Crippen LogP contribution in [0.5, 0.6) is 5.75 Å². The lowest BCUT2D eigenvalue weighted by atomic mass is 10.0. The van der Waals surface area contributed by atoms with E-state index in [2.05, 4.69) is 10.2 Å². The lowest BCUT2D eigenvalue weighted by molar-refractivity contribution is -0.149. The fraction of sp³-hybridized carbons (Fsp3) is 0.591. The number of Topliss-reactive ketones (excluding diaryl/α,β-unsaturated/α-hetero) is 1. The third-order valence-electron chi connectivity index (χ3n) is 5.41. The van der Waals surface area contributed by atoms with Crippen molar-refractivity contribution in [2.75, 3.05) is 45.9 Å². The average Bonchev–Trinajstić information content (AvgIpc) is 2.74. The van der Waals surface area contributed by atoms with Crippen LogP contribution in [-0.2, 0) is 14.3 Å². The number of hydrogen-bond acceptors (Lipinski definition) is 7. The monoisotopic (exact) mass is 489 g/mol. The number of nitrogens with zero attached hydrogens (tertiary/aromatic N) is 2. The van der Waals surface area contributed by atoms with Crippen LogP contribution in [0.4, 0.5) is 0 Å². The number of carbonyl (C=O) groups is 3. The van der Waals surface area contributed by atoms with E-state index in [-0.39, 0.29) is 55.8 Å². The fourth-order valence-corrected chi connectivity index (χ4v) is 3.82. The lowest BCUT2D eigenvalue weighted by Gasteiger charge is -2.40. The first-order valence-electron chi connectivity index (χ1n) is 10.6. The summed E-state index contributed by atoms with van der Waals surface area (Å²) in [6.07, 6.45) is 1.94. The van der Waals surface area contributed by atoms with E-state index in [4.69, 9.17) is 9.47 Å². The molecule has 0 radical (unpaired) electrons. The average molecular weight is 490 g/mol. The Morgan fingerprint density at radius 3 is 2.34 bits per heavy atom. The van der Waals surface area contributed by atoms with Crippen molar-refractivity contribution in [2.24, 2.45) is 0 Å². The Balaban J connectivity index is 0.00000256. The van der Waals surface area contributed by atoms with Crippen molar-refractivity contribution in [3.05, 3.63) is 29.8 Å². The summed E-state index contributed by atoms with van der Waals surface area (Å²) in [5.74, 6) is -0.0487. The maximum Gasteiger partial charge on any atom is 0.344 e. The van der Waals surface area contributed by atoms with Crippen LogP contribution in [0.2, 0.25) is 0 Å². The molecule has 2 saturated heterocycles. The van der Waals surface area contributed by atoms with Crippen molar-refractivity contribution in [2.45, 2.75) is 38.8 Å². The molecule has 1 amide bonds. The molecule has 0 unspecified atom stereocenters. The van der Waals surface area contributed by atoms with Crippen molar-refractivity contribution in [1.82, 2.24) is 15.1 Å². The minimum Gasteiger partial charge on any atom is -0.482 e. The van der Waals surface area contributed by atoms with Crippen LogP contribution < -0.4 is 10.1 Å². The van der Waals surface area contributed by atoms with Crippen LogP contribution in [0.1, 0.15) is 37.0 Å². The van der Waals surface area contributed by atoms with Gasteiger partial charge in [0, 0.05) is 24.7 Å². The van der Waals surface area contributed by atoms with Crippen molar-refractivity contribution < 1.29 is 23.9 Å². The van der Waals surface area contributed by atoms with Gasteiger partial charge in [0.05, 0.1) is 19.2 Å². The number of hydrogen-bond donors (Lipinski definition) is 1. The van der Waals surface area contributed by atoms with Crippen molar-refractivity contribution >= 4 is 42.5 Å². The molecule has 2 aliphatic rings. The smallest absolute Gasteiger partial charge is 0.344 e. The summed E-state index contributed by atoms with van der Waals surface area (Å²) in [5, 5.41) is 3.34. The van der Waals surface area contributed by atoms with E-state index in [1.807, 2.05) is 0 Å². The quantitative estimate of drug-likeness (QED) is 0.440. The standard InChI is InChI=1S/C22H31N3O5.2ClH/c1-16(2)30-22(28)15-29-19-5-3-17(4-6-19)20(26)13-25-12-11-24(14-21(25)27)18-7-9-23-10-8-18;;/h3-6,16,18,23H,7-15H2,1-2H3;2*1H. The van der Waals surface area contributed by atoms with Gasteiger partial charge in [0.15, 0.2) is 12.4 Å². The minimum atomic E-state index is -0.438. The number of nitrogens with one attached hydrogen (secondary N) is 1. The summed E-state index contributed by atoms with van der Waals surface area (Å²) in [7, 11) is 0. The molecule has 1 aromatic rings. The second-order valence-corrected chi connectivity index (χ2v) is 8.04. The summed E-state index contributed by atoms with van der Waals surface area (Å²) in [5.41, 5.74) is 0.515. The number of ketones is 1. The first kappa shape index (κ1) is 28.2. The van der Waals surface area contributed by atoms with Crippen LogP contribution in [0.3, 0.4) is 0 Å². The Hall–Kier alpha value is -1.87. The molecular formula is C22H33Cl2N3O5. The Morgan fingerprint density at radius 2 is 1.75 bits per heavy atom. The second kappa shape index (κ2) is 13.6. The molecule has 1 N–H and O–H groups in total. The summed E-state index contributed by atoms with van der Waals surface area (Å²) in [4.78, 5) is 40.6. The molecule has 0 atom stereocenters. The number of piperidine rings is 1. The Bertz CT molecular complexity index is 754. The van der Waals surface area contributed by atoms with Gasteiger partial charge in [-0.3, -0.25) is 14.5 Å². The largest absolute Gasteiger partial charge is 0.482 e. The molecule has 2 fully saturated rings. The summed E-state index contributed by atoms with van der Waals surface area (Å²) in [6.45, 7) is 7.22. The minimum absolute atomic E-state index is 0. The summed E-state index contributed by atoms with van der Waals surface area (Å²) in [6, 6.07) is 7.06. The fourth-order valence-electron chi connectivity index (χ4n) is 3.82. The number of piperazine rings is 1. The van der Waals surface area contributed by atoms with E-state index in [0.29, 0.717) is 30.4 Å². The van der Waals surface area contributed by atoms with Gasteiger partial charge in [-0.15, -0.1) is 24.8 Å². The number of rotatable bonds is 8. The predicted molar refractivity (Wildman–Crippen MR) is 126 cm³/mol. The van der Waals surface area contributed by atoms with Gasteiger partial charge < -0.3 is 19.7 Å². The number of esters is 1. The molecule has 2 heterocycles. The first-order valence-corrected chi connectivity index (χ1v) is 10.6. The van der Waals surface area contributed by atoms with Gasteiger partial charge in [0.25, 0.3) is 0 Å². The molecule has 0 bridgehead atoms. The number of amides is 1. The number of benzene rings is 1. The van der Waals surface area contributed by atoms with Gasteiger partial charge >= 0.3 is 5.97 Å². The van der Waals surface area contributed by atoms with Crippen LogP contribution in [0, 0.1) is 0 Å². The third kappa shape index (κ3) is 8.24. The van der Waals surface area contributed by atoms with E-state index in [9.17, 15) is 14.4 Å². The molecule has 180 valence electrons. The van der Waals surface area contributed by atoms with Gasteiger partial charge in [-0.2, -0.15) is 0 Å². The molecule has 0 spiro atoms. The highest BCUT2D eigenvalue weighted by atomic mass is 35.5. The first-order chi connectivity index (χ1) is 14.4. The van der Waals surface area contributed by atoms with Crippen molar-refractivity contribution in [3.8, 4) is 5.75 Å². The van der Waals surface area contributed by atoms with Crippen LogP contribution >= 0.6 is 24.8 Å². The van der Waals surface area contributed by atoms with Gasteiger partial charge in [-0.05, 0) is 64.0 Å². The Morgan fingerprint density at radius 1 is 1.09 bits per heavy atom. The zero-order valence-electron chi connectivity index (χ0n) is 18.6. The SMILES string of the molecule is CC(C)OC(=O)COc1ccc(C(=O)CN2CCN(C3CCNCC3)CC2=O)cc1.Cl.Cl. The number of halogens is 2. The third-order valence-corrected chi connectivity index (χ3v) is 5.41. The molecule has 1 aromatic carbocycles. The highest BCUT2D eigenvalue weighted by molar-refractivity contribution is 5.99. The van der Waals surface area contributed by atoms with E-state index in [0.717, 1.165) is 32.5 Å². The molecule has 0 aliphatic carbocycles. The molecule has 32 heavy (non-hydrogen) atoms. The normalized spacial score (nSPS) is 17.3. The van der Waals surface area contributed by atoms with E-state index in [1.165, 1.54) is 0 Å². The molecule has 2 aliphatic heterocycles. The molecule has 10 heteroatoms. The Labute approximate surface area is 201 Å². The van der Waals surface area contributed by atoms with Crippen molar-refractivity contribution in [3.63, 3.8) is 0 Å². The zero-order valence-corrected chi connectivity index (χ0v) is 20.2. The zero-order chi connectivity index (χ0) is 21.5. The molecule has 0 saturated carbocycles. The van der Waals surface area contributed by atoms with Gasteiger partial charge in [0.2, 0.25) is 5.91 Å². The topological polar surface area (TPSA) is 88.2 Å². The molecular weight excluding hydrogens is 457 g/mol. The molecule has 8 nitrogen and oxygen atoms in total. The maximum atomic E-state index is 12.6. The lowest BCUT2D eigenvalue weighted by Crippen LogP contribution is -2.56. The van der Waals surface area contributed by atoms with E-state index < -0.39 is 5.97 Å². The van der Waals surface area contributed by atoms with Crippen LogP contribution in [0.15, 0.2) is 24.3 Å². The van der Waals surface area contributed by atoms with Crippen LogP contribution in [-0.4, -0.2) is 85.5 Å². The number of ether oxygens (including phenoxy) is 2. The van der Waals surface area contributed by atoms with Crippen LogP contribution in [0.25, 0.3) is 0 Å². The summed E-state index contributed by atoms with van der Waals surface area (Å²) < 4.78 is 10.4. The summed E-state index contributed by atoms with van der Waals surface area (Å²) >= 11 is 0. The number of carbonyl (C=O) groups excluding carboxylic acids is 3.